The predicted molar refractivity (Wildman–Crippen MR) is 112 cm³/mol. The van der Waals surface area contributed by atoms with Gasteiger partial charge in [0, 0.05) is 29.3 Å². The highest BCUT2D eigenvalue weighted by atomic mass is 79.9. The Labute approximate surface area is 178 Å². The average molecular weight is 478 g/mol. The number of hydrogen-bond donors (Lipinski definition) is 1. The van der Waals surface area contributed by atoms with Crippen LogP contribution in [0.3, 0.4) is 0 Å². The maximum atomic E-state index is 12.9. The van der Waals surface area contributed by atoms with E-state index in [4.69, 9.17) is 10.00 Å². The summed E-state index contributed by atoms with van der Waals surface area (Å²) in [5, 5.41) is 11.4. The number of halogens is 1. The molecule has 1 N–H and O–H groups in total. The molecule has 152 valence electrons. The lowest BCUT2D eigenvalue weighted by molar-refractivity contribution is -0.120. The molecule has 1 amide bonds. The van der Waals surface area contributed by atoms with Gasteiger partial charge in [-0.2, -0.15) is 9.57 Å². The summed E-state index contributed by atoms with van der Waals surface area (Å²) in [5.41, 5.74) is 0.540. The van der Waals surface area contributed by atoms with E-state index in [1.807, 2.05) is 6.07 Å². The van der Waals surface area contributed by atoms with E-state index in [0.29, 0.717) is 30.8 Å². The molecule has 0 bridgehead atoms. The van der Waals surface area contributed by atoms with Gasteiger partial charge < -0.3 is 10.1 Å². The molecule has 0 radical (unpaired) electrons. The minimum atomic E-state index is -3.65. The Morgan fingerprint density at radius 2 is 2.03 bits per heavy atom. The topological polar surface area (TPSA) is 99.5 Å². The second-order valence-corrected chi connectivity index (χ2v) is 9.47. The largest absolute Gasteiger partial charge is 0.479 e. The van der Waals surface area contributed by atoms with Crippen LogP contribution in [0.25, 0.3) is 0 Å². The molecule has 1 aliphatic rings. The van der Waals surface area contributed by atoms with E-state index >= 15 is 0 Å². The summed E-state index contributed by atoms with van der Waals surface area (Å²) in [5.74, 6) is -0.205. The van der Waals surface area contributed by atoms with E-state index in [1.54, 1.807) is 48.5 Å². The molecular weight excluding hydrogens is 458 g/mol. The lowest BCUT2D eigenvalue weighted by Gasteiger charge is -2.31. The molecule has 1 heterocycles. The minimum absolute atomic E-state index is 0.0805. The van der Waals surface area contributed by atoms with Crippen LogP contribution in [-0.4, -0.2) is 38.3 Å². The molecule has 9 heteroatoms. The van der Waals surface area contributed by atoms with Gasteiger partial charge in [-0.25, -0.2) is 8.42 Å². The third-order valence-corrected chi connectivity index (χ3v) is 7.02. The van der Waals surface area contributed by atoms with Crippen molar-refractivity contribution in [1.29, 1.82) is 5.26 Å². The number of rotatable bonds is 6. The van der Waals surface area contributed by atoms with Gasteiger partial charge in [-0.3, -0.25) is 4.79 Å². The maximum absolute atomic E-state index is 12.9. The van der Waals surface area contributed by atoms with Gasteiger partial charge in [-0.1, -0.05) is 22.0 Å². The number of benzene rings is 2. The zero-order valence-electron chi connectivity index (χ0n) is 15.5. The quantitative estimate of drug-likeness (QED) is 0.686. The Morgan fingerprint density at radius 1 is 1.28 bits per heavy atom. The molecule has 0 saturated carbocycles. The minimum Gasteiger partial charge on any atom is -0.479 e. The number of nitriles is 1. The Balaban J connectivity index is 1.68. The Morgan fingerprint density at radius 3 is 2.76 bits per heavy atom. The van der Waals surface area contributed by atoms with Crippen molar-refractivity contribution >= 4 is 37.5 Å². The highest BCUT2D eigenvalue weighted by molar-refractivity contribution is 9.10. The molecule has 1 atom stereocenters. The highest BCUT2D eigenvalue weighted by Crippen LogP contribution is 2.26. The molecule has 1 aliphatic heterocycles. The van der Waals surface area contributed by atoms with Crippen LogP contribution in [0.2, 0.25) is 0 Å². The summed E-state index contributed by atoms with van der Waals surface area (Å²) in [4.78, 5) is 12.9. The maximum Gasteiger partial charge on any atom is 0.243 e. The summed E-state index contributed by atoms with van der Waals surface area (Å²) < 4.78 is 33.2. The van der Waals surface area contributed by atoms with Gasteiger partial charge in [0.25, 0.3) is 0 Å². The van der Waals surface area contributed by atoms with Crippen molar-refractivity contribution in [2.45, 2.75) is 17.7 Å². The summed E-state index contributed by atoms with van der Waals surface area (Å²) in [6, 6.07) is 15.1. The zero-order valence-corrected chi connectivity index (χ0v) is 17.9. The van der Waals surface area contributed by atoms with Crippen LogP contribution in [0, 0.1) is 17.2 Å². The van der Waals surface area contributed by atoms with Gasteiger partial charge in [0.05, 0.1) is 10.8 Å². The van der Waals surface area contributed by atoms with Crippen molar-refractivity contribution < 1.29 is 17.9 Å². The number of carbonyl (C=O) groups excluding carboxylic acids is 1. The van der Waals surface area contributed by atoms with E-state index < -0.39 is 15.9 Å². The first kappa shape index (κ1) is 21.3. The molecule has 0 spiro atoms. The number of nitrogens with one attached hydrogen (secondary N) is 1. The molecule has 2 aromatic carbocycles. The van der Waals surface area contributed by atoms with Crippen LogP contribution in [0.1, 0.15) is 12.8 Å². The van der Waals surface area contributed by atoms with E-state index in [-0.39, 0.29) is 24.0 Å². The molecule has 1 unspecified atom stereocenters. The molecule has 2 aromatic rings. The van der Waals surface area contributed by atoms with Gasteiger partial charge in [0.1, 0.15) is 11.8 Å². The van der Waals surface area contributed by atoms with Gasteiger partial charge >= 0.3 is 0 Å². The third kappa shape index (κ3) is 5.35. The molecule has 1 fully saturated rings. The van der Waals surface area contributed by atoms with Crippen molar-refractivity contribution in [3.8, 4) is 11.8 Å². The fraction of sp³-hybridized carbons (Fsp3) is 0.300. The summed E-state index contributed by atoms with van der Waals surface area (Å²) in [6.07, 6.45) is 1.22. The number of amides is 1. The normalized spacial score (nSPS) is 17.3. The first-order valence-corrected chi connectivity index (χ1v) is 11.3. The van der Waals surface area contributed by atoms with Crippen LogP contribution in [0.15, 0.2) is 57.9 Å². The molecule has 0 aromatic heterocycles. The molecule has 1 saturated heterocycles. The Hall–Kier alpha value is -2.41. The van der Waals surface area contributed by atoms with Gasteiger partial charge in [0.2, 0.25) is 15.9 Å². The Kier molecular flexibility index (Phi) is 6.90. The van der Waals surface area contributed by atoms with Crippen molar-refractivity contribution in [1.82, 2.24) is 4.31 Å². The zero-order chi connectivity index (χ0) is 20.9. The predicted octanol–water partition coefficient (Wildman–Crippen LogP) is 3.39. The van der Waals surface area contributed by atoms with Crippen LogP contribution in [0.5, 0.6) is 5.75 Å². The van der Waals surface area contributed by atoms with Gasteiger partial charge in [-0.15, -0.1) is 0 Å². The smallest absolute Gasteiger partial charge is 0.243 e. The van der Waals surface area contributed by atoms with E-state index in [2.05, 4.69) is 21.2 Å². The molecule has 3 rings (SSSR count). The fourth-order valence-electron chi connectivity index (χ4n) is 3.15. The molecular formula is C20H20BrN3O4S. The SMILES string of the molecule is N#CCOc1cccc(NC(=O)C2CCCN(S(=O)(=O)c3ccc(Br)cc3)C2)c1. The monoisotopic (exact) mass is 477 g/mol. The van der Waals surface area contributed by atoms with Gasteiger partial charge in [0.15, 0.2) is 6.61 Å². The summed E-state index contributed by atoms with van der Waals surface area (Å²) >= 11 is 3.30. The van der Waals surface area contributed by atoms with Gasteiger partial charge in [-0.05, 0) is 49.2 Å². The lowest BCUT2D eigenvalue weighted by Crippen LogP contribution is -2.43. The number of hydrogen-bond acceptors (Lipinski definition) is 5. The lowest BCUT2D eigenvalue weighted by atomic mass is 9.98. The summed E-state index contributed by atoms with van der Waals surface area (Å²) in [6.45, 7) is 0.442. The number of anilines is 1. The first-order chi connectivity index (χ1) is 13.9. The third-order valence-electron chi connectivity index (χ3n) is 4.61. The first-order valence-electron chi connectivity index (χ1n) is 9.06. The average Bonchev–Trinajstić information content (AvgIpc) is 2.73. The van der Waals surface area contributed by atoms with E-state index in [1.165, 1.54) is 4.31 Å². The van der Waals surface area contributed by atoms with Crippen molar-refractivity contribution in [3.05, 3.63) is 53.0 Å². The van der Waals surface area contributed by atoms with Crippen molar-refractivity contribution in [3.63, 3.8) is 0 Å². The van der Waals surface area contributed by atoms with Crippen LogP contribution in [0.4, 0.5) is 5.69 Å². The van der Waals surface area contributed by atoms with Crippen LogP contribution >= 0.6 is 15.9 Å². The number of piperidine rings is 1. The van der Waals surface area contributed by atoms with Crippen LogP contribution < -0.4 is 10.1 Å². The Bertz CT molecular complexity index is 1020. The number of sulfonamides is 1. The molecule has 29 heavy (non-hydrogen) atoms. The standard InChI is InChI=1S/C20H20BrN3O4S/c21-16-6-8-19(9-7-16)29(26,27)24-11-2-3-15(14-24)20(25)23-17-4-1-5-18(13-17)28-12-10-22/h1,4-9,13,15H,2-3,11-12,14H2,(H,23,25). The number of nitrogens with zero attached hydrogens (tertiary/aromatic N) is 2. The van der Waals surface area contributed by atoms with E-state index in [9.17, 15) is 13.2 Å². The van der Waals surface area contributed by atoms with Crippen LogP contribution in [-0.2, 0) is 14.8 Å². The second-order valence-electron chi connectivity index (χ2n) is 6.62. The summed E-state index contributed by atoms with van der Waals surface area (Å²) in [7, 11) is -3.65. The second kappa shape index (κ2) is 9.39. The highest BCUT2D eigenvalue weighted by Gasteiger charge is 2.33. The molecule has 7 nitrogen and oxygen atoms in total. The number of carbonyl (C=O) groups is 1. The number of ether oxygens (including phenoxy) is 1. The van der Waals surface area contributed by atoms with Crippen molar-refractivity contribution in [2.24, 2.45) is 5.92 Å². The van der Waals surface area contributed by atoms with Crippen molar-refractivity contribution in [2.75, 3.05) is 25.0 Å². The fourth-order valence-corrected chi connectivity index (χ4v) is 4.94. The van der Waals surface area contributed by atoms with E-state index in [0.717, 1.165) is 4.47 Å². The molecule has 0 aliphatic carbocycles.